The molecule has 28 heavy (non-hydrogen) atoms. The van der Waals surface area contributed by atoms with Crippen LogP contribution in [0.3, 0.4) is 0 Å². The molecule has 2 aromatic carbocycles. The standard InChI is InChI=1S/C22H24N2O4/c1-14-6-5-7-15(2)22(14)23-20(25)13-24(3)12-16-10-21(26)28-19-11-17(27-4)8-9-18(16)19/h5-11H,12-13H2,1-4H3,(H,23,25). The molecule has 0 aliphatic heterocycles. The number of anilines is 1. The monoisotopic (exact) mass is 380 g/mol. The number of ether oxygens (including phenoxy) is 1. The number of amides is 1. The summed E-state index contributed by atoms with van der Waals surface area (Å²) in [6, 6.07) is 12.7. The van der Waals surface area contributed by atoms with E-state index in [2.05, 4.69) is 5.32 Å². The van der Waals surface area contributed by atoms with Crippen LogP contribution in [0.1, 0.15) is 16.7 Å². The molecule has 0 saturated heterocycles. The molecule has 0 atom stereocenters. The Kier molecular flexibility index (Phi) is 5.80. The first-order valence-corrected chi connectivity index (χ1v) is 9.03. The van der Waals surface area contributed by atoms with E-state index in [1.165, 1.54) is 6.07 Å². The maximum absolute atomic E-state index is 12.5. The highest BCUT2D eigenvalue weighted by atomic mass is 16.5. The number of fused-ring (bicyclic) bond motifs is 1. The highest BCUT2D eigenvalue weighted by Gasteiger charge is 2.13. The lowest BCUT2D eigenvalue weighted by molar-refractivity contribution is -0.117. The normalized spacial score (nSPS) is 11.0. The molecule has 0 saturated carbocycles. The summed E-state index contributed by atoms with van der Waals surface area (Å²) in [6.45, 7) is 4.58. The van der Waals surface area contributed by atoms with Crippen molar-refractivity contribution in [2.45, 2.75) is 20.4 Å². The molecule has 1 N–H and O–H groups in total. The Morgan fingerprint density at radius 2 is 1.86 bits per heavy atom. The molecule has 0 unspecified atom stereocenters. The number of methoxy groups -OCH3 is 1. The Morgan fingerprint density at radius 1 is 1.14 bits per heavy atom. The van der Waals surface area contributed by atoms with Gasteiger partial charge in [0.1, 0.15) is 11.3 Å². The topological polar surface area (TPSA) is 71.8 Å². The Hall–Kier alpha value is -3.12. The van der Waals surface area contributed by atoms with E-state index in [1.807, 2.05) is 56.1 Å². The van der Waals surface area contributed by atoms with Gasteiger partial charge in [0.25, 0.3) is 0 Å². The summed E-state index contributed by atoms with van der Waals surface area (Å²) in [4.78, 5) is 26.3. The fourth-order valence-electron chi connectivity index (χ4n) is 3.25. The van der Waals surface area contributed by atoms with Crippen LogP contribution in [-0.2, 0) is 11.3 Å². The van der Waals surface area contributed by atoms with Crippen LogP contribution in [0.5, 0.6) is 5.75 Å². The number of para-hydroxylation sites is 1. The van der Waals surface area contributed by atoms with Gasteiger partial charge in [-0.2, -0.15) is 0 Å². The van der Waals surface area contributed by atoms with Crippen LogP contribution in [0.2, 0.25) is 0 Å². The Morgan fingerprint density at radius 3 is 2.54 bits per heavy atom. The van der Waals surface area contributed by atoms with E-state index < -0.39 is 5.63 Å². The lowest BCUT2D eigenvalue weighted by Gasteiger charge is -2.18. The predicted octanol–water partition coefficient (Wildman–Crippen LogP) is 3.49. The van der Waals surface area contributed by atoms with Crippen LogP contribution in [-0.4, -0.2) is 31.5 Å². The van der Waals surface area contributed by atoms with Crippen LogP contribution < -0.4 is 15.7 Å². The van der Waals surface area contributed by atoms with Crippen LogP contribution >= 0.6 is 0 Å². The number of hydrogen-bond acceptors (Lipinski definition) is 5. The average molecular weight is 380 g/mol. The van der Waals surface area contributed by atoms with Gasteiger partial charge in [0.05, 0.1) is 13.7 Å². The van der Waals surface area contributed by atoms with Gasteiger partial charge in [-0.3, -0.25) is 9.69 Å². The van der Waals surface area contributed by atoms with Crippen molar-refractivity contribution in [3.05, 3.63) is 69.6 Å². The molecule has 0 bridgehead atoms. The van der Waals surface area contributed by atoms with Gasteiger partial charge >= 0.3 is 5.63 Å². The molecule has 146 valence electrons. The minimum atomic E-state index is -0.427. The van der Waals surface area contributed by atoms with E-state index in [0.29, 0.717) is 17.9 Å². The number of nitrogens with zero attached hydrogens (tertiary/aromatic N) is 1. The molecular weight excluding hydrogens is 356 g/mol. The number of aryl methyl sites for hydroxylation is 2. The fourth-order valence-corrected chi connectivity index (χ4v) is 3.25. The summed E-state index contributed by atoms with van der Waals surface area (Å²) in [5, 5.41) is 3.80. The molecule has 6 nitrogen and oxygen atoms in total. The molecule has 1 amide bonds. The maximum Gasteiger partial charge on any atom is 0.336 e. The van der Waals surface area contributed by atoms with Crippen molar-refractivity contribution >= 4 is 22.6 Å². The molecule has 0 spiro atoms. The fraction of sp³-hybridized carbons (Fsp3) is 0.273. The van der Waals surface area contributed by atoms with E-state index in [-0.39, 0.29) is 12.5 Å². The van der Waals surface area contributed by atoms with E-state index in [1.54, 1.807) is 13.2 Å². The second-order valence-corrected chi connectivity index (χ2v) is 6.94. The summed E-state index contributed by atoms with van der Waals surface area (Å²) >= 11 is 0. The predicted molar refractivity (Wildman–Crippen MR) is 110 cm³/mol. The van der Waals surface area contributed by atoms with Gasteiger partial charge in [0.15, 0.2) is 0 Å². The number of rotatable bonds is 6. The van der Waals surface area contributed by atoms with Crippen LogP contribution in [0.25, 0.3) is 11.0 Å². The number of benzene rings is 2. The number of carbonyl (C=O) groups excluding carboxylic acids is 1. The zero-order valence-corrected chi connectivity index (χ0v) is 16.5. The van der Waals surface area contributed by atoms with Gasteiger partial charge < -0.3 is 14.5 Å². The van der Waals surface area contributed by atoms with E-state index >= 15 is 0 Å². The van der Waals surface area contributed by atoms with Crippen molar-refractivity contribution in [1.29, 1.82) is 0 Å². The van der Waals surface area contributed by atoms with Gasteiger partial charge in [0.2, 0.25) is 5.91 Å². The molecule has 3 rings (SSSR count). The van der Waals surface area contributed by atoms with E-state index in [9.17, 15) is 9.59 Å². The first-order chi connectivity index (χ1) is 13.4. The largest absolute Gasteiger partial charge is 0.497 e. The summed E-state index contributed by atoms with van der Waals surface area (Å²) in [7, 11) is 3.40. The van der Waals surface area contributed by atoms with Crippen LogP contribution in [0, 0.1) is 13.8 Å². The molecule has 6 heteroatoms. The maximum atomic E-state index is 12.5. The van der Waals surface area contributed by atoms with Crippen molar-refractivity contribution in [2.24, 2.45) is 0 Å². The van der Waals surface area contributed by atoms with E-state index in [4.69, 9.17) is 9.15 Å². The zero-order chi connectivity index (χ0) is 20.3. The van der Waals surface area contributed by atoms with Crippen molar-refractivity contribution in [3.8, 4) is 5.75 Å². The van der Waals surface area contributed by atoms with Gasteiger partial charge in [-0.25, -0.2) is 4.79 Å². The zero-order valence-electron chi connectivity index (χ0n) is 16.5. The van der Waals surface area contributed by atoms with Crippen molar-refractivity contribution in [3.63, 3.8) is 0 Å². The number of carbonyl (C=O) groups is 1. The number of likely N-dealkylation sites (N-methyl/N-ethyl adjacent to an activating group) is 1. The van der Waals surface area contributed by atoms with E-state index in [0.717, 1.165) is 27.8 Å². The second-order valence-electron chi connectivity index (χ2n) is 6.94. The molecule has 0 aliphatic rings. The van der Waals surface area contributed by atoms with Crippen LogP contribution in [0.15, 0.2) is 51.7 Å². The summed E-state index contributed by atoms with van der Waals surface area (Å²) in [5.74, 6) is 0.517. The lowest BCUT2D eigenvalue weighted by atomic mass is 10.1. The molecule has 0 radical (unpaired) electrons. The molecule has 1 heterocycles. The summed E-state index contributed by atoms with van der Waals surface area (Å²) < 4.78 is 10.5. The van der Waals surface area contributed by atoms with Crippen molar-refractivity contribution in [2.75, 3.05) is 26.0 Å². The molecule has 1 aromatic heterocycles. The van der Waals surface area contributed by atoms with Crippen molar-refractivity contribution in [1.82, 2.24) is 4.90 Å². The lowest BCUT2D eigenvalue weighted by Crippen LogP contribution is -2.30. The van der Waals surface area contributed by atoms with Gasteiger partial charge in [-0.1, -0.05) is 18.2 Å². The number of nitrogens with one attached hydrogen (secondary N) is 1. The third kappa shape index (κ3) is 4.40. The molecular formula is C22H24N2O4. The highest BCUT2D eigenvalue weighted by Crippen LogP contribution is 2.23. The third-order valence-electron chi connectivity index (χ3n) is 4.64. The van der Waals surface area contributed by atoms with Gasteiger partial charge in [0, 0.05) is 29.8 Å². The summed E-state index contributed by atoms with van der Waals surface area (Å²) in [6.07, 6.45) is 0. The Bertz CT molecular complexity index is 1050. The van der Waals surface area contributed by atoms with Gasteiger partial charge in [-0.15, -0.1) is 0 Å². The van der Waals surface area contributed by atoms with Crippen LogP contribution in [0.4, 0.5) is 5.69 Å². The smallest absolute Gasteiger partial charge is 0.336 e. The highest BCUT2D eigenvalue weighted by molar-refractivity contribution is 5.93. The minimum Gasteiger partial charge on any atom is -0.497 e. The van der Waals surface area contributed by atoms with Gasteiger partial charge in [-0.05, 0) is 49.7 Å². The molecule has 0 aliphatic carbocycles. The first kappa shape index (κ1) is 19.6. The molecule has 0 fully saturated rings. The Balaban J connectivity index is 1.75. The Labute approximate surface area is 163 Å². The first-order valence-electron chi connectivity index (χ1n) is 9.03. The molecule has 3 aromatic rings. The summed E-state index contributed by atoms with van der Waals surface area (Å²) in [5.41, 5.74) is 3.74. The number of hydrogen-bond donors (Lipinski definition) is 1. The van der Waals surface area contributed by atoms with Crippen molar-refractivity contribution < 1.29 is 13.9 Å². The quantitative estimate of drug-likeness (QED) is 0.663. The second kappa shape index (κ2) is 8.27. The minimum absolute atomic E-state index is 0.103. The average Bonchev–Trinajstić information content (AvgIpc) is 2.64. The third-order valence-corrected chi connectivity index (χ3v) is 4.64. The SMILES string of the molecule is COc1ccc2c(CN(C)CC(=O)Nc3c(C)cccc3C)cc(=O)oc2c1.